The van der Waals surface area contributed by atoms with Crippen molar-refractivity contribution in [3.63, 3.8) is 0 Å². The molecule has 0 aromatic carbocycles. The molecule has 0 amide bonds. The Hall–Kier alpha value is -1.52. The van der Waals surface area contributed by atoms with Gasteiger partial charge in [-0.3, -0.25) is 4.98 Å². The lowest BCUT2D eigenvalue weighted by Gasteiger charge is -1.95. The maximum absolute atomic E-state index is 11.3. The van der Waals surface area contributed by atoms with Crippen LogP contribution in [0.2, 0.25) is 0 Å². The second kappa shape index (κ2) is 3.75. The fourth-order valence-electron chi connectivity index (χ4n) is 0.682. The van der Waals surface area contributed by atoms with Crippen LogP contribution in [-0.4, -0.2) is 15.9 Å². The lowest BCUT2D eigenvalue weighted by Crippen LogP contribution is -2.03. The van der Waals surface area contributed by atoms with Crippen molar-refractivity contribution in [1.29, 1.82) is 0 Å². The molecule has 0 radical (unpaired) electrons. The highest BCUT2D eigenvalue weighted by atomic mass is 19.3. The normalized spacial score (nSPS) is 9.50. The molecule has 4 nitrogen and oxygen atoms in total. The van der Waals surface area contributed by atoms with Gasteiger partial charge in [-0.25, -0.2) is 14.7 Å². The molecule has 0 fully saturated rings. The van der Waals surface area contributed by atoms with Gasteiger partial charge in [-0.05, 0) is 6.42 Å². The summed E-state index contributed by atoms with van der Waals surface area (Å²) in [4.78, 5) is 21.0. The van der Waals surface area contributed by atoms with Gasteiger partial charge in [0.15, 0.2) is 5.69 Å². The van der Waals surface area contributed by atoms with E-state index in [1.807, 2.05) is 6.92 Å². The van der Waals surface area contributed by atoms with Crippen molar-refractivity contribution < 1.29 is 14.3 Å². The summed E-state index contributed by atoms with van der Waals surface area (Å²) >= 11 is 0. The standard InChI is InChI=1S/C7H7FN2O2/c1-2-5-3-10-6(4-9-5)7(11)12-8/h3-4H,2H2,1H3. The van der Waals surface area contributed by atoms with Crippen molar-refractivity contribution in [2.24, 2.45) is 0 Å². The Kier molecular flexibility index (Phi) is 2.68. The van der Waals surface area contributed by atoms with Gasteiger partial charge in [-0.15, -0.1) is 0 Å². The fourth-order valence-corrected chi connectivity index (χ4v) is 0.682. The number of carbonyl (C=O) groups is 1. The molecule has 0 saturated heterocycles. The Morgan fingerprint density at radius 3 is 2.75 bits per heavy atom. The molecule has 1 aromatic rings. The summed E-state index contributed by atoms with van der Waals surface area (Å²) in [5, 5.41) is 0. The maximum Gasteiger partial charge on any atom is 0.399 e. The van der Waals surface area contributed by atoms with Crippen molar-refractivity contribution in [3.8, 4) is 0 Å². The zero-order chi connectivity index (χ0) is 8.97. The first-order valence-corrected chi connectivity index (χ1v) is 3.41. The van der Waals surface area contributed by atoms with E-state index in [1.54, 1.807) is 0 Å². The Balaban J connectivity index is 2.84. The van der Waals surface area contributed by atoms with E-state index < -0.39 is 5.97 Å². The highest BCUT2D eigenvalue weighted by Crippen LogP contribution is 1.98. The van der Waals surface area contributed by atoms with Crippen LogP contribution in [0.15, 0.2) is 12.4 Å². The molecular formula is C7H7FN2O2. The molecule has 64 valence electrons. The lowest BCUT2D eigenvalue weighted by atomic mass is 10.3. The minimum Gasteiger partial charge on any atom is -0.257 e. The zero-order valence-corrected chi connectivity index (χ0v) is 6.45. The molecule has 0 saturated carbocycles. The molecule has 1 rings (SSSR count). The number of hydrogen-bond donors (Lipinski definition) is 0. The summed E-state index contributed by atoms with van der Waals surface area (Å²) in [5.74, 6) is -1.12. The predicted octanol–water partition coefficient (Wildman–Crippen LogP) is 1.08. The monoisotopic (exact) mass is 170 g/mol. The van der Waals surface area contributed by atoms with E-state index in [9.17, 15) is 9.32 Å². The van der Waals surface area contributed by atoms with Crippen LogP contribution in [0.1, 0.15) is 23.1 Å². The highest BCUT2D eigenvalue weighted by molar-refractivity contribution is 5.86. The summed E-state index contributed by atoms with van der Waals surface area (Å²) in [5.41, 5.74) is 0.611. The van der Waals surface area contributed by atoms with E-state index in [0.29, 0.717) is 0 Å². The number of halogens is 1. The summed E-state index contributed by atoms with van der Waals surface area (Å²) in [6.07, 6.45) is 3.31. The van der Waals surface area contributed by atoms with Gasteiger partial charge < -0.3 is 0 Å². The Morgan fingerprint density at radius 2 is 2.33 bits per heavy atom. The van der Waals surface area contributed by atoms with E-state index in [4.69, 9.17) is 0 Å². The molecule has 1 heterocycles. The number of nitrogens with zero attached hydrogens (tertiary/aromatic N) is 2. The summed E-state index contributed by atoms with van der Waals surface area (Å²) < 4.78 is 11.3. The third-order valence-corrected chi connectivity index (χ3v) is 1.35. The summed E-state index contributed by atoms with van der Waals surface area (Å²) in [6.45, 7) is 1.90. The first kappa shape index (κ1) is 8.58. The molecule has 12 heavy (non-hydrogen) atoms. The second-order valence-corrected chi connectivity index (χ2v) is 2.11. The van der Waals surface area contributed by atoms with Crippen molar-refractivity contribution in [2.45, 2.75) is 13.3 Å². The Morgan fingerprint density at radius 1 is 1.58 bits per heavy atom. The minimum atomic E-state index is -1.12. The topological polar surface area (TPSA) is 52.1 Å². The fraction of sp³-hybridized carbons (Fsp3) is 0.286. The first-order valence-electron chi connectivity index (χ1n) is 3.41. The lowest BCUT2D eigenvalue weighted by molar-refractivity contribution is -0.0793. The molecule has 1 aromatic heterocycles. The average molecular weight is 170 g/mol. The van der Waals surface area contributed by atoms with Crippen molar-refractivity contribution >= 4 is 5.97 Å². The summed E-state index contributed by atoms with van der Waals surface area (Å²) in [7, 11) is 0. The summed E-state index contributed by atoms with van der Waals surface area (Å²) in [6, 6.07) is 0. The molecule has 0 bridgehead atoms. The average Bonchev–Trinajstić information content (AvgIpc) is 2.17. The van der Waals surface area contributed by atoms with Crippen LogP contribution in [0.3, 0.4) is 0 Å². The Labute approximate surface area is 68.3 Å². The van der Waals surface area contributed by atoms with Gasteiger partial charge in [0.2, 0.25) is 0 Å². The number of carbonyl (C=O) groups excluding carboxylic acids is 1. The third kappa shape index (κ3) is 1.75. The number of rotatable bonds is 2. The number of aryl methyl sites for hydroxylation is 1. The van der Waals surface area contributed by atoms with Crippen molar-refractivity contribution in [2.75, 3.05) is 0 Å². The van der Waals surface area contributed by atoms with Gasteiger partial charge in [-0.2, -0.15) is 0 Å². The molecule has 0 aliphatic carbocycles. The van der Waals surface area contributed by atoms with Gasteiger partial charge in [-0.1, -0.05) is 6.92 Å². The minimum absolute atomic E-state index is 0.130. The SMILES string of the molecule is CCc1cnc(C(=O)OF)cn1. The molecule has 0 N–H and O–H groups in total. The van der Waals surface area contributed by atoms with Crippen LogP contribution >= 0.6 is 0 Å². The smallest absolute Gasteiger partial charge is 0.257 e. The van der Waals surface area contributed by atoms with Gasteiger partial charge in [0.1, 0.15) is 0 Å². The molecule has 0 unspecified atom stereocenters. The zero-order valence-electron chi connectivity index (χ0n) is 6.45. The van der Waals surface area contributed by atoms with Crippen LogP contribution in [-0.2, 0) is 11.4 Å². The molecular weight excluding hydrogens is 163 g/mol. The first-order chi connectivity index (χ1) is 5.77. The van der Waals surface area contributed by atoms with Crippen LogP contribution < -0.4 is 0 Å². The van der Waals surface area contributed by atoms with E-state index in [-0.39, 0.29) is 5.69 Å². The predicted molar refractivity (Wildman–Crippen MR) is 37.9 cm³/mol. The van der Waals surface area contributed by atoms with Crippen molar-refractivity contribution in [1.82, 2.24) is 9.97 Å². The van der Waals surface area contributed by atoms with Gasteiger partial charge in [0.05, 0.1) is 11.9 Å². The van der Waals surface area contributed by atoms with Gasteiger partial charge in [0, 0.05) is 10.7 Å². The van der Waals surface area contributed by atoms with E-state index in [1.165, 1.54) is 12.4 Å². The van der Waals surface area contributed by atoms with E-state index >= 15 is 0 Å². The van der Waals surface area contributed by atoms with Gasteiger partial charge in [0.25, 0.3) is 0 Å². The molecule has 0 aliphatic rings. The second-order valence-electron chi connectivity index (χ2n) is 2.11. The van der Waals surface area contributed by atoms with Gasteiger partial charge >= 0.3 is 5.97 Å². The van der Waals surface area contributed by atoms with Crippen LogP contribution in [0.25, 0.3) is 0 Å². The van der Waals surface area contributed by atoms with Crippen LogP contribution in [0.5, 0.6) is 0 Å². The van der Waals surface area contributed by atoms with E-state index in [2.05, 4.69) is 14.9 Å². The molecule has 0 spiro atoms. The Bertz CT molecular complexity index is 273. The molecule has 0 atom stereocenters. The largest absolute Gasteiger partial charge is 0.399 e. The third-order valence-electron chi connectivity index (χ3n) is 1.35. The molecule has 0 aliphatic heterocycles. The highest BCUT2D eigenvalue weighted by Gasteiger charge is 2.08. The van der Waals surface area contributed by atoms with Crippen molar-refractivity contribution in [3.05, 3.63) is 23.8 Å². The van der Waals surface area contributed by atoms with Crippen LogP contribution in [0, 0.1) is 0 Å². The van der Waals surface area contributed by atoms with E-state index in [0.717, 1.165) is 12.1 Å². The number of aromatic nitrogens is 2. The molecule has 5 heteroatoms. The quantitative estimate of drug-likeness (QED) is 0.666. The maximum atomic E-state index is 11.3. The number of hydrogen-bond acceptors (Lipinski definition) is 4. The van der Waals surface area contributed by atoms with Crippen LogP contribution in [0.4, 0.5) is 4.53 Å².